The van der Waals surface area contributed by atoms with Crippen LogP contribution in [0.2, 0.25) is 0 Å². The number of benzene rings is 2. The van der Waals surface area contributed by atoms with Crippen molar-refractivity contribution in [3.63, 3.8) is 0 Å². The summed E-state index contributed by atoms with van der Waals surface area (Å²) < 4.78 is 10.3. The molecule has 0 unspecified atom stereocenters. The van der Waals surface area contributed by atoms with Gasteiger partial charge < -0.3 is 15.2 Å². The van der Waals surface area contributed by atoms with Crippen LogP contribution in [0.5, 0.6) is 5.75 Å². The molecule has 2 N–H and O–H groups in total. The van der Waals surface area contributed by atoms with Gasteiger partial charge in [-0.3, -0.25) is 0 Å². The van der Waals surface area contributed by atoms with E-state index in [9.17, 15) is 4.79 Å². The van der Waals surface area contributed by atoms with Crippen LogP contribution in [-0.2, 0) is 11.3 Å². The van der Waals surface area contributed by atoms with E-state index in [2.05, 4.69) is 9.97 Å². The number of para-hydroxylation sites is 1. The van der Waals surface area contributed by atoms with Gasteiger partial charge in [0.1, 0.15) is 11.6 Å². The SMILES string of the molecule is COc1ccc(C(=O)OCc2nc(N)c3ccccc3n2)cc1. The van der Waals surface area contributed by atoms with Crippen molar-refractivity contribution in [1.82, 2.24) is 9.97 Å². The predicted octanol–water partition coefficient (Wildman–Crippen LogP) is 2.58. The maximum absolute atomic E-state index is 12.0. The number of rotatable bonds is 4. The molecule has 3 rings (SSSR count). The van der Waals surface area contributed by atoms with Crippen LogP contribution in [0.15, 0.2) is 48.5 Å². The minimum atomic E-state index is -0.456. The number of anilines is 1. The molecule has 0 saturated carbocycles. The van der Waals surface area contributed by atoms with Crippen molar-refractivity contribution in [2.24, 2.45) is 0 Å². The van der Waals surface area contributed by atoms with Crippen LogP contribution < -0.4 is 10.5 Å². The summed E-state index contributed by atoms with van der Waals surface area (Å²) >= 11 is 0. The highest BCUT2D eigenvalue weighted by Gasteiger charge is 2.10. The largest absolute Gasteiger partial charge is 0.497 e. The molecule has 0 bridgehead atoms. The summed E-state index contributed by atoms with van der Waals surface area (Å²) in [5.74, 6) is 0.948. The lowest BCUT2D eigenvalue weighted by Gasteiger charge is -2.07. The Morgan fingerprint density at radius 2 is 1.83 bits per heavy atom. The van der Waals surface area contributed by atoms with Gasteiger partial charge in [0.2, 0.25) is 0 Å². The van der Waals surface area contributed by atoms with Gasteiger partial charge in [-0.25, -0.2) is 14.8 Å². The number of carbonyl (C=O) groups is 1. The minimum Gasteiger partial charge on any atom is -0.497 e. The highest BCUT2D eigenvalue weighted by molar-refractivity contribution is 5.89. The molecule has 0 spiro atoms. The zero-order valence-electron chi connectivity index (χ0n) is 12.5. The molecule has 0 amide bonds. The van der Waals surface area contributed by atoms with Crippen molar-refractivity contribution in [1.29, 1.82) is 0 Å². The summed E-state index contributed by atoms with van der Waals surface area (Å²) in [5.41, 5.74) is 7.05. The average molecular weight is 309 g/mol. The Morgan fingerprint density at radius 1 is 1.09 bits per heavy atom. The number of nitrogens with zero attached hydrogens (tertiary/aromatic N) is 2. The molecule has 0 atom stereocenters. The average Bonchev–Trinajstić information content (AvgIpc) is 2.60. The van der Waals surface area contributed by atoms with Crippen molar-refractivity contribution in [2.45, 2.75) is 6.61 Å². The number of ether oxygens (including phenoxy) is 2. The summed E-state index contributed by atoms with van der Waals surface area (Å²) in [5, 5.41) is 0.776. The number of aromatic nitrogens is 2. The first-order chi connectivity index (χ1) is 11.2. The molecule has 0 aliphatic carbocycles. The van der Waals surface area contributed by atoms with Crippen molar-refractivity contribution < 1.29 is 14.3 Å². The minimum absolute atomic E-state index is 0.0418. The topological polar surface area (TPSA) is 87.3 Å². The zero-order valence-corrected chi connectivity index (χ0v) is 12.5. The Bertz CT molecular complexity index is 847. The summed E-state index contributed by atoms with van der Waals surface area (Å²) in [6.07, 6.45) is 0. The fraction of sp³-hybridized carbons (Fsp3) is 0.118. The lowest BCUT2D eigenvalue weighted by Crippen LogP contribution is -2.08. The fourth-order valence-corrected chi connectivity index (χ4v) is 2.16. The number of methoxy groups -OCH3 is 1. The fourth-order valence-electron chi connectivity index (χ4n) is 2.16. The van der Waals surface area contributed by atoms with Crippen molar-refractivity contribution in [3.8, 4) is 5.75 Å². The Kier molecular flexibility index (Phi) is 4.05. The molecule has 116 valence electrons. The number of hydrogen-bond acceptors (Lipinski definition) is 6. The molecule has 0 saturated heterocycles. The second-order valence-electron chi connectivity index (χ2n) is 4.85. The second kappa shape index (κ2) is 6.31. The van der Waals surface area contributed by atoms with E-state index < -0.39 is 5.97 Å². The van der Waals surface area contributed by atoms with Crippen molar-refractivity contribution >= 4 is 22.7 Å². The van der Waals surface area contributed by atoms with Gasteiger partial charge in [0.15, 0.2) is 12.4 Å². The smallest absolute Gasteiger partial charge is 0.338 e. The summed E-state index contributed by atoms with van der Waals surface area (Å²) in [7, 11) is 1.56. The van der Waals surface area contributed by atoms with E-state index in [4.69, 9.17) is 15.2 Å². The second-order valence-corrected chi connectivity index (χ2v) is 4.85. The van der Waals surface area contributed by atoms with Crippen molar-refractivity contribution in [3.05, 3.63) is 59.9 Å². The molecular formula is C17H15N3O3. The normalized spacial score (nSPS) is 10.5. The van der Waals surface area contributed by atoms with E-state index in [1.54, 1.807) is 31.4 Å². The van der Waals surface area contributed by atoms with Crippen LogP contribution in [0.3, 0.4) is 0 Å². The van der Waals surface area contributed by atoms with Crippen LogP contribution in [0.1, 0.15) is 16.2 Å². The van der Waals surface area contributed by atoms with E-state index in [1.165, 1.54) is 0 Å². The third-order valence-corrected chi connectivity index (χ3v) is 3.34. The summed E-state index contributed by atoms with van der Waals surface area (Å²) in [6, 6.07) is 14.1. The van der Waals surface area contributed by atoms with E-state index in [0.29, 0.717) is 23.0 Å². The predicted molar refractivity (Wildman–Crippen MR) is 86.1 cm³/mol. The molecule has 3 aromatic rings. The van der Waals surface area contributed by atoms with Gasteiger partial charge in [0.25, 0.3) is 0 Å². The van der Waals surface area contributed by atoms with Gasteiger partial charge in [-0.15, -0.1) is 0 Å². The van der Waals surface area contributed by atoms with E-state index in [-0.39, 0.29) is 6.61 Å². The standard InChI is InChI=1S/C17H15N3O3/c1-22-12-8-6-11(7-9-12)17(21)23-10-15-19-14-5-3-2-4-13(14)16(18)20-15/h2-9H,10H2,1H3,(H2,18,19,20). The van der Waals surface area contributed by atoms with Gasteiger partial charge in [-0.05, 0) is 36.4 Å². The summed E-state index contributed by atoms with van der Waals surface area (Å²) in [4.78, 5) is 20.5. The molecule has 23 heavy (non-hydrogen) atoms. The van der Waals surface area contributed by atoms with Crippen molar-refractivity contribution in [2.75, 3.05) is 12.8 Å². The molecule has 6 nitrogen and oxygen atoms in total. The van der Waals surface area contributed by atoms with Gasteiger partial charge in [-0.2, -0.15) is 0 Å². The van der Waals surface area contributed by atoms with Crippen LogP contribution in [-0.4, -0.2) is 23.0 Å². The first-order valence-electron chi connectivity index (χ1n) is 6.99. The van der Waals surface area contributed by atoms with Gasteiger partial charge in [-0.1, -0.05) is 12.1 Å². The summed E-state index contributed by atoms with van der Waals surface area (Å²) in [6.45, 7) is -0.0418. The molecule has 0 aliphatic rings. The number of hydrogen-bond donors (Lipinski definition) is 1. The molecule has 2 aromatic carbocycles. The number of esters is 1. The molecule has 1 heterocycles. The highest BCUT2D eigenvalue weighted by Crippen LogP contribution is 2.18. The molecular weight excluding hydrogens is 294 g/mol. The van der Waals surface area contributed by atoms with Gasteiger partial charge in [0.05, 0.1) is 18.2 Å². The number of nitrogen functional groups attached to an aromatic ring is 1. The zero-order chi connectivity index (χ0) is 16.2. The third-order valence-electron chi connectivity index (χ3n) is 3.34. The van der Waals surface area contributed by atoms with Crippen LogP contribution in [0.4, 0.5) is 5.82 Å². The maximum Gasteiger partial charge on any atom is 0.338 e. The quantitative estimate of drug-likeness (QED) is 0.745. The number of carbonyl (C=O) groups excluding carboxylic acids is 1. The molecule has 1 aromatic heterocycles. The van der Waals surface area contributed by atoms with Gasteiger partial charge in [0, 0.05) is 5.39 Å². The number of nitrogens with two attached hydrogens (primary N) is 1. The monoisotopic (exact) mass is 309 g/mol. The Hall–Kier alpha value is -3.15. The van der Waals surface area contributed by atoms with E-state index >= 15 is 0 Å². The lowest BCUT2D eigenvalue weighted by atomic mass is 10.2. The Labute approximate surface area is 132 Å². The highest BCUT2D eigenvalue weighted by atomic mass is 16.5. The molecule has 6 heteroatoms. The van der Waals surface area contributed by atoms with E-state index in [0.717, 1.165) is 10.9 Å². The first-order valence-corrected chi connectivity index (χ1v) is 6.99. The maximum atomic E-state index is 12.0. The number of fused-ring (bicyclic) bond motifs is 1. The van der Waals surface area contributed by atoms with E-state index in [1.807, 2.05) is 24.3 Å². The van der Waals surface area contributed by atoms with Crippen LogP contribution in [0.25, 0.3) is 10.9 Å². The van der Waals surface area contributed by atoms with Crippen LogP contribution >= 0.6 is 0 Å². The Morgan fingerprint density at radius 3 is 2.57 bits per heavy atom. The Balaban J connectivity index is 1.73. The first kappa shape index (κ1) is 14.8. The third kappa shape index (κ3) is 3.21. The van der Waals surface area contributed by atoms with Crippen LogP contribution in [0, 0.1) is 0 Å². The molecule has 0 fully saturated rings. The molecule has 0 radical (unpaired) electrons. The van der Waals surface area contributed by atoms with Gasteiger partial charge >= 0.3 is 5.97 Å². The molecule has 0 aliphatic heterocycles. The lowest BCUT2D eigenvalue weighted by molar-refractivity contribution is 0.0462.